The second kappa shape index (κ2) is 8.08. The Kier molecular flexibility index (Phi) is 5.98. The molecule has 0 saturated heterocycles. The van der Waals surface area contributed by atoms with Crippen LogP contribution in [0.25, 0.3) is 10.4 Å². The first-order valence-electron chi connectivity index (χ1n) is 9.14. The smallest absolute Gasteiger partial charge is 0.241 e. The van der Waals surface area contributed by atoms with Crippen LogP contribution in [0.1, 0.15) is 50.3 Å². The Morgan fingerprint density at radius 3 is 2.56 bits per heavy atom. The lowest BCUT2D eigenvalue weighted by Crippen LogP contribution is -2.36. The minimum atomic E-state index is -3.58. The minimum Gasteiger partial charge on any atom is -0.302 e. The van der Waals surface area contributed by atoms with E-state index in [2.05, 4.69) is 15.0 Å². The van der Waals surface area contributed by atoms with Crippen molar-refractivity contribution >= 4 is 32.4 Å². The molecule has 1 amide bonds. The number of hydrogen-bond acceptors (Lipinski definition) is 5. The molecule has 0 spiro atoms. The molecule has 2 N–H and O–H groups in total. The number of nitrogens with one attached hydrogen (secondary N) is 2. The largest absolute Gasteiger partial charge is 0.302 e. The van der Waals surface area contributed by atoms with Crippen LogP contribution in [0.5, 0.6) is 0 Å². The van der Waals surface area contributed by atoms with Crippen molar-refractivity contribution in [1.29, 1.82) is 0 Å². The average Bonchev–Trinajstić information content (AvgIpc) is 2.95. The first kappa shape index (κ1) is 20.0. The number of rotatable bonds is 5. The van der Waals surface area contributed by atoms with Crippen LogP contribution in [0.15, 0.2) is 23.1 Å². The van der Waals surface area contributed by atoms with E-state index < -0.39 is 10.0 Å². The van der Waals surface area contributed by atoms with Gasteiger partial charge in [0.05, 0.1) is 15.5 Å². The van der Waals surface area contributed by atoms with E-state index in [-0.39, 0.29) is 11.9 Å². The Balaban J connectivity index is 1.92. The third kappa shape index (κ3) is 4.75. The third-order valence-corrected chi connectivity index (χ3v) is 7.53. The summed E-state index contributed by atoms with van der Waals surface area (Å²) in [6.07, 6.45) is 5.10. The standard InChI is InChI=1S/C19H25N3O3S2/c1-12-9-10-15(18-13(2)20-19(26-18)21-14(3)23)11-17(12)27(24,25)22-16-7-5-4-6-8-16/h9-11,16,22H,4-8H2,1-3H3,(H,20,21,23). The molecule has 3 rings (SSSR count). The number of benzene rings is 1. The van der Waals surface area contributed by atoms with Gasteiger partial charge in [0.25, 0.3) is 0 Å². The lowest BCUT2D eigenvalue weighted by molar-refractivity contribution is -0.114. The van der Waals surface area contributed by atoms with Gasteiger partial charge in [-0.3, -0.25) is 4.79 Å². The minimum absolute atomic E-state index is 0.0170. The monoisotopic (exact) mass is 407 g/mol. The number of anilines is 1. The maximum atomic E-state index is 13.0. The van der Waals surface area contributed by atoms with Gasteiger partial charge in [-0.2, -0.15) is 0 Å². The van der Waals surface area contributed by atoms with Crippen molar-refractivity contribution in [3.63, 3.8) is 0 Å². The lowest BCUT2D eigenvalue weighted by Gasteiger charge is -2.23. The van der Waals surface area contributed by atoms with E-state index in [9.17, 15) is 13.2 Å². The van der Waals surface area contributed by atoms with Crippen LogP contribution < -0.4 is 10.0 Å². The number of aryl methyl sites for hydroxylation is 2. The summed E-state index contributed by atoms with van der Waals surface area (Å²) in [5, 5.41) is 3.20. The Hall–Kier alpha value is -1.77. The van der Waals surface area contributed by atoms with Crippen LogP contribution in [-0.4, -0.2) is 25.4 Å². The highest BCUT2D eigenvalue weighted by Gasteiger charge is 2.24. The van der Waals surface area contributed by atoms with Gasteiger partial charge in [0, 0.05) is 13.0 Å². The highest BCUT2D eigenvalue weighted by atomic mass is 32.2. The van der Waals surface area contributed by atoms with E-state index in [0.29, 0.717) is 15.6 Å². The van der Waals surface area contributed by atoms with E-state index in [1.54, 1.807) is 6.07 Å². The molecule has 0 bridgehead atoms. The third-order valence-electron chi connectivity index (χ3n) is 4.75. The topological polar surface area (TPSA) is 88.2 Å². The number of sulfonamides is 1. The second-order valence-corrected chi connectivity index (χ2v) is 9.73. The van der Waals surface area contributed by atoms with Crippen LogP contribution in [-0.2, 0) is 14.8 Å². The van der Waals surface area contributed by atoms with Crippen molar-refractivity contribution < 1.29 is 13.2 Å². The van der Waals surface area contributed by atoms with Gasteiger partial charge in [0.2, 0.25) is 15.9 Å². The number of amides is 1. The highest BCUT2D eigenvalue weighted by molar-refractivity contribution is 7.89. The summed E-state index contributed by atoms with van der Waals surface area (Å²) in [6.45, 7) is 5.09. The summed E-state index contributed by atoms with van der Waals surface area (Å²) in [7, 11) is -3.58. The molecule has 1 fully saturated rings. The van der Waals surface area contributed by atoms with Crippen molar-refractivity contribution in [2.75, 3.05) is 5.32 Å². The van der Waals surface area contributed by atoms with Crippen molar-refractivity contribution in [3.05, 3.63) is 29.5 Å². The van der Waals surface area contributed by atoms with Crippen molar-refractivity contribution in [3.8, 4) is 10.4 Å². The zero-order chi connectivity index (χ0) is 19.6. The van der Waals surface area contributed by atoms with E-state index in [4.69, 9.17) is 0 Å². The van der Waals surface area contributed by atoms with Crippen molar-refractivity contribution in [2.45, 2.75) is 63.8 Å². The van der Waals surface area contributed by atoms with Gasteiger partial charge in [-0.1, -0.05) is 42.7 Å². The zero-order valence-electron chi connectivity index (χ0n) is 15.8. The van der Waals surface area contributed by atoms with Crippen LogP contribution in [0.4, 0.5) is 5.13 Å². The van der Waals surface area contributed by atoms with E-state index in [1.165, 1.54) is 24.7 Å². The zero-order valence-corrected chi connectivity index (χ0v) is 17.5. The molecule has 27 heavy (non-hydrogen) atoms. The molecule has 2 aromatic rings. The van der Waals surface area contributed by atoms with Crippen LogP contribution >= 0.6 is 11.3 Å². The molecule has 0 aliphatic heterocycles. The molecular formula is C19H25N3O3S2. The molecule has 6 nitrogen and oxygen atoms in total. The first-order valence-corrected chi connectivity index (χ1v) is 11.4. The molecule has 0 atom stereocenters. The number of carbonyl (C=O) groups excluding carboxylic acids is 1. The fraction of sp³-hybridized carbons (Fsp3) is 0.474. The van der Waals surface area contributed by atoms with Gasteiger partial charge in [0.15, 0.2) is 5.13 Å². The van der Waals surface area contributed by atoms with E-state index in [1.807, 2.05) is 26.0 Å². The average molecular weight is 408 g/mol. The summed E-state index contributed by atoms with van der Waals surface area (Å²) in [5.41, 5.74) is 2.26. The number of aromatic nitrogens is 1. The maximum Gasteiger partial charge on any atom is 0.241 e. The van der Waals surface area contributed by atoms with Crippen LogP contribution in [0.3, 0.4) is 0 Å². The van der Waals surface area contributed by atoms with Gasteiger partial charge in [-0.05, 0) is 43.9 Å². The predicted molar refractivity (Wildman–Crippen MR) is 109 cm³/mol. The van der Waals surface area contributed by atoms with Crippen molar-refractivity contribution in [1.82, 2.24) is 9.71 Å². The highest BCUT2D eigenvalue weighted by Crippen LogP contribution is 2.34. The van der Waals surface area contributed by atoms with Crippen molar-refractivity contribution in [2.24, 2.45) is 0 Å². The molecule has 8 heteroatoms. The summed E-state index contributed by atoms with van der Waals surface area (Å²) in [5.74, 6) is -0.181. The van der Waals surface area contributed by atoms with Gasteiger partial charge in [-0.25, -0.2) is 18.1 Å². The Bertz CT molecular complexity index is 945. The fourth-order valence-corrected chi connectivity index (χ4v) is 5.99. The second-order valence-electron chi connectivity index (χ2n) is 7.05. The van der Waals surface area contributed by atoms with E-state index >= 15 is 0 Å². The number of nitrogens with zero attached hydrogens (tertiary/aromatic N) is 1. The summed E-state index contributed by atoms with van der Waals surface area (Å²) >= 11 is 1.34. The number of carbonyl (C=O) groups is 1. The molecule has 146 valence electrons. The van der Waals surface area contributed by atoms with Crippen LogP contribution in [0, 0.1) is 13.8 Å². The number of thiazole rings is 1. The summed E-state index contributed by atoms with van der Waals surface area (Å²) in [4.78, 5) is 16.8. The molecule has 1 saturated carbocycles. The molecular weight excluding hydrogens is 382 g/mol. The quantitative estimate of drug-likeness (QED) is 0.784. The Morgan fingerprint density at radius 1 is 1.19 bits per heavy atom. The maximum absolute atomic E-state index is 13.0. The lowest BCUT2D eigenvalue weighted by atomic mass is 9.96. The van der Waals surface area contributed by atoms with E-state index in [0.717, 1.165) is 41.8 Å². The summed E-state index contributed by atoms with van der Waals surface area (Å²) in [6, 6.07) is 5.44. The molecule has 1 heterocycles. The normalized spacial score (nSPS) is 15.7. The number of hydrogen-bond donors (Lipinski definition) is 2. The molecule has 1 aromatic heterocycles. The van der Waals surface area contributed by atoms with Gasteiger partial charge >= 0.3 is 0 Å². The predicted octanol–water partition coefficient (Wildman–Crippen LogP) is 4.00. The van der Waals surface area contributed by atoms with Crippen LogP contribution in [0.2, 0.25) is 0 Å². The molecule has 1 aromatic carbocycles. The Labute approximate surface area is 164 Å². The summed E-state index contributed by atoms with van der Waals surface area (Å²) < 4.78 is 28.8. The first-order chi connectivity index (χ1) is 12.8. The Morgan fingerprint density at radius 2 is 1.89 bits per heavy atom. The van der Waals surface area contributed by atoms with Gasteiger partial charge in [0.1, 0.15) is 0 Å². The molecule has 1 aliphatic rings. The molecule has 0 radical (unpaired) electrons. The van der Waals surface area contributed by atoms with Gasteiger partial charge < -0.3 is 5.32 Å². The molecule has 1 aliphatic carbocycles. The fourth-order valence-electron chi connectivity index (χ4n) is 3.40. The molecule has 0 unspecified atom stereocenters. The van der Waals surface area contributed by atoms with Gasteiger partial charge in [-0.15, -0.1) is 0 Å². The SMILES string of the molecule is CC(=O)Nc1nc(C)c(-c2ccc(C)c(S(=O)(=O)NC3CCCCC3)c2)s1.